The molecule has 7 nitrogen and oxygen atoms in total. The van der Waals surface area contributed by atoms with E-state index in [0.29, 0.717) is 22.3 Å². The summed E-state index contributed by atoms with van der Waals surface area (Å²) in [6.07, 6.45) is -1.35. The fourth-order valence-electron chi connectivity index (χ4n) is 3.08. The van der Waals surface area contributed by atoms with E-state index in [1.165, 1.54) is 23.2 Å². The van der Waals surface area contributed by atoms with Gasteiger partial charge in [0.25, 0.3) is 0 Å². The number of benzene rings is 2. The van der Waals surface area contributed by atoms with Gasteiger partial charge in [-0.1, -0.05) is 30.3 Å². The molecule has 4 rings (SSSR count). The highest BCUT2D eigenvalue weighted by Crippen LogP contribution is 2.34. The van der Waals surface area contributed by atoms with Crippen molar-refractivity contribution in [3.63, 3.8) is 0 Å². The summed E-state index contributed by atoms with van der Waals surface area (Å²) in [6.45, 7) is 3.21. The summed E-state index contributed by atoms with van der Waals surface area (Å²) in [5, 5.41) is 2.28. The van der Waals surface area contributed by atoms with E-state index >= 15 is 0 Å². The fraction of sp³-hybridized carbons (Fsp3) is 0.227. The van der Waals surface area contributed by atoms with Crippen LogP contribution in [0.4, 0.5) is 10.8 Å². The molecular weight excluding hydrogens is 404 g/mol. The highest BCUT2D eigenvalue weighted by atomic mass is 32.1. The molecule has 1 aromatic heterocycles. The lowest BCUT2D eigenvalue weighted by Gasteiger charge is -2.30. The van der Waals surface area contributed by atoms with Crippen molar-refractivity contribution in [2.24, 2.45) is 0 Å². The van der Waals surface area contributed by atoms with E-state index in [0.717, 1.165) is 5.69 Å². The Morgan fingerprint density at radius 3 is 2.43 bits per heavy atom. The first kappa shape index (κ1) is 19.9. The number of amides is 1. The largest absolute Gasteiger partial charge is 0.482 e. The van der Waals surface area contributed by atoms with Crippen LogP contribution in [0.3, 0.4) is 0 Å². The minimum Gasteiger partial charge on any atom is -0.482 e. The molecule has 0 N–H and O–H groups in total. The van der Waals surface area contributed by atoms with E-state index in [1.54, 1.807) is 24.4 Å². The average Bonchev–Trinajstić information content (AvgIpc) is 3.20. The number of para-hydroxylation sites is 3. The van der Waals surface area contributed by atoms with Crippen molar-refractivity contribution in [1.82, 2.24) is 4.98 Å². The molecule has 1 aliphatic rings. The van der Waals surface area contributed by atoms with Crippen LogP contribution >= 0.6 is 11.3 Å². The SMILES string of the molecule is CC(=O)N(c1ccccc1)c1nc(COC(=O)[C@@H]2Oc3ccccc3O[C@H]2C)cs1. The third kappa shape index (κ3) is 4.13. The maximum atomic E-state index is 12.5. The van der Waals surface area contributed by atoms with E-state index in [2.05, 4.69) is 4.98 Å². The van der Waals surface area contributed by atoms with Crippen molar-refractivity contribution in [1.29, 1.82) is 0 Å². The summed E-state index contributed by atoms with van der Waals surface area (Å²) in [6, 6.07) is 16.4. The molecule has 30 heavy (non-hydrogen) atoms. The zero-order valence-electron chi connectivity index (χ0n) is 16.5. The third-order valence-electron chi connectivity index (χ3n) is 4.50. The Morgan fingerprint density at radius 1 is 1.07 bits per heavy atom. The molecule has 154 valence electrons. The lowest BCUT2D eigenvalue weighted by atomic mass is 10.2. The number of esters is 1. The molecule has 0 radical (unpaired) electrons. The predicted octanol–water partition coefficient (Wildman–Crippen LogP) is 4.10. The molecule has 3 aromatic rings. The number of carbonyl (C=O) groups excluding carboxylic acids is 2. The van der Waals surface area contributed by atoms with Crippen LogP contribution < -0.4 is 14.4 Å². The Bertz CT molecular complexity index is 1050. The van der Waals surface area contributed by atoms with E-state index in [1.807, 2.05) is 42.5 Å². The average molecular weight is 424 g/mol. The van der Waals surface area contributed by atoms with Gasteiger partial charge in [-0.3, -0.25) is 9.69 Å². The first-order valence-electron chi connectivity index (χ1n) is 9.42. The van der Waals surface area contributed by atoms with Crippen molar-refractivity contribution >= 4 is 34.0 Å². The molecular formula is C22H20N2O5S. The number of aromatic nitrogens is 1. The van der Waals surface area contributed by atoms with Gasteiger partial charge in [0.2, 0.25) is 12.0 Å². The first-order chi connectivity index (χ1) is 14.5. The predicted molar refractivity (Wildman–Crippen MR) is 112 cm³/mol. The zero-order valence-corrected chi connectivity index (χ0v) is 17.3. The van der Waals surface area contributed by atoms with E-state index in [9.17, 15) is 9.59 Å². The van der Waals surface area contributed by atoms with Crippen LogP contribution in [-0.4, -0.2) is 29.1 Å². The molecule has 0 unspecified atom stereocenters. The molecule has 0 bridgehead atoms. The summed E-state index contributed by atoms with van der Waals surface area (Å²) in [5.74, 6) is 0.425. The van der Waals surface area contributed by atoms with Gasteiger partial charge in [0.15, 0.2) is 16.6 Å². The molecule has 0 aliphatic carbocycles. The second-order valence-electron chi connectivity index (χ2n) is 6.73. The number of fused-ring (bicyclic) bond motifs is 1. The van der Waals surface area contributed by atoms with Gasteiger partial charge in [-0.2, -0.15) is 0 Å². The smallest absolute Gasteiger partial charge is 0.351 e. The number of hydrogen-bond donors (Lipinski definition) is 0. The van der Waals surface area contributed by atoms with Gasteiger partial charge in [0, 0.05) is 12.3 Å². The molecule has 1 aliphatic heterocycles. The van der Waals surface area contributed by atoms with Gasteiger partial charge in [0.1, 0.15) is 12.7 Å². The Balaban J connectivity index is 1.42. The maximum Gasteiger partial charge on any atom is 0.351 e. The molecule has 0 fully saturated rings. The molecule has 0 saturated heterocycles. The molecule has 2 aromatic carbocycles. The van der Waals surface area contributed by atoms with Crippen molar-refractivity contribution in [2.75, 3.05) is 4.90 Å². The van der Waals surface area contributed by atoms with Crippen molar-refractivity contribution in [3.05, 3.63) is 65.7 Å². The molecule has 2 atom stereocenters. The number of nitrogens with zero attached hydrogens (tertiary/aromatic N) is 2. The number of rotatable bonds is 5. The summed E-state index contributed by atoms with van der Waals surface area (Å²) < 4.78 is 16.9. The topological polar surface area (TPSA) is 78.0 Å². The van der Waals surface area contributed by atoms with Crippen LogP contribution in [0.15, 0.2) is 60.0 Å². The normalized spacial score (nSPS) is 17.3. The van der Waals surface area contributed by atoms with E-state index < -0.39 is 18.2 Å². The van der Waals surface area contributed by atoms with Crippen molar-refractivity contribution < 1.29 is 23.8 Å². The Morgan fingerprint density at radius 2 is 1.73 bits per heavy atom. The first-order valence-corrected chi connectivity index (χ1v) is 10.3. The van der Waals surface area contributed by atoms with Crippen LogP contribution in [0.2, 0.25) is 0 Å². The molecule has 0 saturated carbocycles. The van der Waals surface area contributed by atoms with Crippen molar-refractivity contribution in [2.45, 2.75) is 32.7 Å². The van der Waals surface area contributed by atoms with Gasteiger partial charge < -0.3 is 14.2 Å². The number of anilines is 2. The summed E-state index contributed by atoms with van der Waals surface area (Å²) in [7, 11) is 0. The monoisotopic (exact) mass is 424 g/mol. The highest BCUT2D eigenvalue weighted by Gasteiger charge is 2.35. The quantitative estimate of drug-likeness (QED) is 0.574. The Labute approximate surface area is 177 Å². The second-order valence-corrected chi connectivity index (χ2v) is 7.56. The molecule has 8 heteroatoms. The maximum absolute atomic E-state index is 12.5. The number of thiazole rings is 1. The Kier molecular flexibility index (Phi) is 5.67. The van der Waals surface area contributed by atoms with E-state index in [-0.39, 0.29) is 12.5 Å². The standard InChI is InChI=1S/C22H20N2O5S/c1-14-20(29-19-11-7-6-10-18(19)28-14)21(26)27-12-16-13-30-22(23-16)24(15(2)25)17-8-4-3-5-9-17/h3-11,13-14,20H,12H2,1-2H3/t14-,20+/m0/s1. The summed E-state index contributed by atoms with van der Waals surface area (Å²) >= 11 is 1.31. The summed E-state index contributed by atoms with van der Waals surface area (Å²) in [5.41, 5.74) is 1.28. The van der Waals surface area contributed by atoms with Crippen LogP contribution in [0.25, 0.3) is 0 Å². The third-order valence-corrected chi connectivity index (χ3v) is 5.37. The van der Waals surface area contributed by atoms with Gasteiger partial charge in [-0.25, -0.2) is 9.78 Å². The van der Waals surface area contributed by atoms with Gasteiger partial charge in [-0.15, -0.1) is 11.3 Å². The molecule has 1 amide bonds. The molecule has 2 heterocycles. The van der Waals surface area contributed by atoms with Gasteiger partial charge in [0.05, 0.1) is 11.4 Å². The van der Waals surface area contributed by atoms with Crippen LogP contribution in [0, 0.1) is 0 Å². The van der Waals surface area contributed by atoms with Crippen LogP contribution in [0.1, 0.15) is 19.5 Å². The van der Waals surface area contributed by atoms with Gasteiger partial charge >= 0.3 is 5.97 Å². The number of carbonyl (C=O) groups is 2. The van der Waals surface area contributed by atoms with Gasteiger partial charge in [-0.05, 0) is 31.2 Å². The lowest BCUT2D eigenvalue weighted by molar-refractivity contribution is -0.159. The summed E-state index contributed by atoms with van der Waals surface area (Å²) in [4.78, 5) is 30.7. The Hall–Kier alpha value is -3.39. The number of hydrogen-bond acceptors (Lipinski definition) is 7. The minimum absolute atomic E-state index is 0.0237. The fourth-order valence-corrected chi connectivity index (χ4v) is 3.95. The number of ether oxygens (including phenoxy) is 3. The highest BCUT2D eigenvalue weighted by molar-refractivity contribution is 7.14. The van der Waals surface area contributed by atoms with Crippen molar-refractivity contribution in [3.8, 4) is 11.5 Å². The molecule has 0 spiro atoms. The second kappa shape index (κ2) is 8.54. The lowest BCUT2D eigenvalue weighted by Crippen LogP contribution is -2.44. The van der Waals surface area contributed by atoms with E-state index in [4.69, 9.17) is 14.2 Å². The minimum atomic E-state index is -0.865. The van der Waals surface area contributed by atoms with Crippen LogP contribution in [0.5, 0.6) is 11.5 Å². The van der Waals surface area contributed by atoms with Crippen LogP contribution in [-0.2, 0) is 20.9 Å². The zero-order chi connectivity index (χ0) is 21.1.